The molecule has 2 heterocycles. The van der Waals surface area contributed by atoms with Crippen LogP contribution in [0, 0.1) is 29.9 Å². The lowest BCUT2D eigenvalue weighted by Crippen LogP contribution is -2.39. The number of aromatic nitrogens is 2. The Hall–Kier alpha value is -3.03. The largest absolute Gasteiger partial charge is 0.463 e. The van der Waals surface area contributed by atoms with E-state index in [9.17, 15) is 13.6 Å². The third-order valence-electron chi connectivity index (χ3n) is 5.91. The fourth-order valence-electron chi connectivity index (χ4n) is 4.21. The Morgan fingerprint density at radius 2 is 2.16 bits per heavy atom. The summed E-state index contributed by atoms with van der Waals surface area (Å²) in [5.41, 5.74) is 11.3. The van der Waals surface area contributed by atoms with Crippen molar-refractivity contribution in [1.29, 1.82) is 0 Å². The number of ether oxygens (including phenoxy) is 1. The summed E-state index contributed by atoms with van der Waals surface area (Å²) in [5, 5.41) is 0.287. The number of benzene rings is 1. The Balaban J connectivity index is 1.62. The summed E-state index contributed by atoms with van der Waals surface area (Å²) in [6.45, 7) is 2.11. The molecule has 2 aromatic rings. The van der Waals surface area contributed by atoms with Crippen LogP contribution in [0.3, 0.4) is 0 Å². The average Bonchev–Trinajstić information content (AvgIpc) is 3.50. The minimum absolute atomic E-state index is 0.0241. The Labute approximate surface area is 188 Å². The molecule has 7 nitrogen and oxygen atoms in total. The van der Waals surface area contributed by atoms with E-state index < -0.39 is 23.0 Å². The van der Waals surface area contributed by atoms with E-state index in [0.717, 1.165) is 6.07 Å². The lowest BCUT2D eigenvalue weighted by molar-refractivity contribution is 0.0987. The van der Waals surface area contributed by atoms with E-state index in [-0.39, 0.29) is 46.0 Å². The predicted octanol–water partition coefficient (Wildman–Crippen LogP) is 2.19. The van der Waals surface area contributed by atoms with Crippen molar-refractivity contribution in [2.24, 2.45) is 22.4 Å². The first-order valence-corrected chi connectivity index (χ1v) is 10.7. The van der Waals surface area contributed by atoms with Gasteiger partial charge in [-0.3, -0.25) is 9.79 Å². The van der Waals surface area contributed by atoms with Gasteiger partial charge in [0, 0.05) is 29.2 Å². The van der Waals surface area contributed by atoms with Crippen molar-refractivity contribution >= 4 is 22.7 Å². The number of thioether (sulfide) groups is 1. The maximum absolute atomic E-state index is 14.9. The number of amidine groups is 1. The van der Waals surface area contributed by atoms with Crippen molar-refractivity contribution in [3.63, 3.8) is 0 Å². The molecule has 0 bridgehead atoms. The van der Waals surface area contributed by atoms with E-state index in [0.29, 0.717) is 18.5 Å². The number of ketones is 1. The second kappa shape index (κ2) is 8.15. The van der Waals surface area contributed by atoms with Gasteiger partial charge in [-0.25, -0.2) is 18.7 Å². The first kappa shape index (κ1) is 22.2. The zero-order valence-electron chi connectivity index (χ0n) is 17.3. The molecule has 0 unspecified atom stereocenters. The molecule has 166 valence electrons. The van der Waals surface area contributed by atoms with Crippen LogP contribution in [0.2, 0.25) is 0 Å². The van der Waals surface area contributed by atoms with Crippen LogP contribution in [0.25, 0.3) is 0 Å². The molecule has 4 rings (SSSR count). The van der Waals surface area contributed by atoms with Gasteiger partial charge in [0.2, 0.25) is 5.88 Å². The van der Waals surface area contributed by atoms with Gasteiger partial charge in [-0.05, 0) is 31.0 Å². The molecule has 0 radical (unpaired) electrons. The van der Waals surface area contributed by atoms with Crippen molar-refractivity contribution in [1.82, 2.24) is 9.97 Å². The van der Waals surface area contributed by atoms with Gasteiger partial charge in [0.15, 0.2) is 29.2 Å². The summed E-state index contributed by atoms with van der Waals surface area (Å²) in [7, 11) is 0. The molecule has 2 aliphatic rings. The Morgan fingerprint density at radius 3 is 2.81 bits per heavy atom. The van der Waals surface area contributed by atoms with Gasteiger partial charge in [0.1, 0.15) is 5.69 Å². The maximum Gasteiger partial charge on any atom is 0.233 e. The zero-order valence-corrected chi connectivity index (χ0v) is 18.1. The van der Waals surface area contributed by atoms with Crippen molar-refractivity contribution < 1.29 is 18.3 Å². The molecule has 1 fully saturated rings. The molecule has 0 spiro atoms. The lowest BCUT2D eigenvalue weighted by Gasteiger charge is -2.34. The molecular formula is C22H21F2N5O2S. The fraction of sp³-hybridized carbons (Fsp3) is 0.364. The number of hydrogen-bond donors (Lipinski definition) is 2. The minimum Gasteiger partial charge on any atom is -0.463 e. The molecule has 1 aromatic heterocycles. The van der Waals surface area contributed by atoms with Crippen molar-refractivity contribution in [3.8, 4) is 18.2 Å². The number of Topliss-reactive ketones (excluding diaryl/α,β-unsaturated/α-hetero) is 1. The van der Waals surface area contributed by atoms with E-state index in [4.69, 9.17) is 22.6 Å². The number of terminal acetylenes is 1. The second-order valence-corrected chi connectivity index (χ2v) is 9.43. The Kier molecular flexibility index (Phi) is 5.65. The molecule has 1 aliphatic heterocycles. The number of nitrogens with two attached hydrogens (primary N) is 2. The van der Waals surface area contributed by atoms with Crippen LogP contribution in [0.5, 0.6) is 5.88 Å². The van der Waals surface area contributed by atoms with E-state index in [1.807, 2.05) is 0 Å². The summed E-state index contributed by atoms with van der Waals surface area (Å²) in [6, 6.07) is 2.48. The number of nitrogens with zero attached hydrogens (tertiary/aromatic N) is 3. The van der Waals surface area contributed by atoms with Crippen LogP contribution in [-0.4, -0.2) is 38.8 Å². The van der Waals surface area contributed by atoms with Gasteiger partial charge in [0.25, 0.3) is 0 Å². The summed E-state index contributed by atoms with van der Waals surface area (Å²) in [5.74, 6) is -0.0688. The van der Waals surface area contributed by atoms with Crippen LogP contribution in [0.15, 0.2) is 29.5 Å². The predicted molar refractivity (Wildman–Crippen MR) is 117 cm³/mol. The molecule has 1 saturated carbocycles. The quantitative estimate of drug-likeness (QED) is 0.484. The Bertz CT molecular complexity index is 1150. The molecule has 32 heavy (non-hydrogen) atoms. The van der Waals surface area contributed by atoms with Crippen molar-refractivity contribution in [2.75, 3.05) is 13.2 Å². The number of carbonyl (C=O) groups is 1. The van der Waals surface area contributed by atoms with Crippen LogP contribution in [0.4, 0.5) is 8.78 Å². The summed E-state index contributed by atoms with van der Waals surface area (Å²) >= 11 is 1.38. The fourth-order valence-corrected chi connectivity index (χ4v) is 5.56. The third kappa shape index (κ3) is 3.82. The number of hydrogen-bond acceptors (Lipinski definition) is 8. The number of fused-ring (bicyclic) bond motifs is 1. The SMILES string of the molecule is C#CCOc1cnc(C(=O)Cc2cc(F)c(F)c([C@@]3(C)N=C(N)S[C@@]4(CN)C[C@H]43)c2)cn1. The van der Waals surface area contributed by atoms with Crippen LogP contribution < -0.4 is 16.2 Å². The molecule has 1 aromatic carbocycles. The Morgan fingerprint density at radius 1 is 1.38 bits per heavy atom. The van der Waals surface area contributed by atoms with E-state index in [1.54, 1.807) is 6.92 Å². The molecular weight excluding hydrogens is 436 g/mol. The molecule has 4 N–H and O–H groups in total. The number of rotatable bonds is 7. The minimum atomic E-state index is -1.07. The molecule has 1 aliphatic carbocycles. The van der Waals surface area contributed by atoms with E-state index >= 15 is 0 Å². The average molecular weight is 458 g/mol. The molecule has 0 amide bonds. The highest BCUT2D eigenvalue weighted by molar-refractivity contribution is 8.15. The number of aliphatic imine (C=N–C) groups is 1. The van der Waals surface area contributed by atoms with Gasteiger partial charge in [-0.15, -0.1) is 6.42 Å². The first-order valence-electron chi connectivity index (χ1n) is 9.86. The highest BCUT2D eigenvalue weighted by atomic mass is 32.2. The van der Waals surface area contributed by atoms with Crippen LogP contribution in [0.1, 0.15) is 35.0 Å². The summed E-state index contributed by atoms with van der Waals surface area (Å²) < 4.78 is 34.3. The summed E-state index contributed by atoms with van der Waals surface area (Å²) in [4.78, 5) is 25.1. The van der Waals surface area contributed by atoms with E-state index in [1.165, 1.54) is 30.2 Å². The highest BCUT2D eigenvalue weighted by Crippen LogP contribution is 2.65. The topological polar surface area (TPSA) is 116 Å². The van der Waals surface area contributed by atoms with Crippen molar-refractivity contribution in [3.05, 3.63) is 53.0 Å². The zero-order chi connectivity index (χ0) is 23.1. The number of halogens is 2. The lowest BCUT2D eigenvalue weighted by atomic mass is 9.84. The first-order chi connectivity index (χ1) is 15.2. The molecule has 10 heteroatoms. The molecule has 3 atom stereocenters. The van der Waals surface area contributed by atoms with Gasteiger partial charge < -0.3 is 16.2 Å². The van der Waals surface area contributed by atoms with Crippen molar-refractivity contribution in [2.45, 2.75) is 30.1 Å². The smallest absolute Gasteiger partial charge is 0.233 e. The van der Waals surface area contributed by atoms with Crippen LogP contribution >= 0.6 is 11.8 Å². The standard InChI is InChI=1S/C22H21F2N5O2S/c1-3-4-31-18-10-27-15(9-28-18)16(30)7-12-5-13(19(24)14(23)6-12)21(2)17-8-22(17,11-25)32-20(26)29-21/h1,5-6,9-10,17H,4,7-8,11,25H2,2H3,(H2,26,29)/t17-,21+,22+/m0/s1. The second-order valence-electron chi connectivity index (χ2n) is 8.00. The van der Waals surface area contributed by atoms with Gasteiger partial charge in [-0.2, -0.15) is 0 Å². The van der Waals surface area contributed by atoms with E-state index in [2.05, 4.69) is 20.9 Å². The maximum atomic E-state index is 14.9. The molecule has 0 saturated heterocycles. The van der Waals surface area contributed by atoms with Crippen LogP contribution in [-0.2, 0) is 12.0 Å². The normalized spacial score (nSPS) is 26.0. The highest BCUT2D eigenvalue weighted by Gasteiger charge is 2.65. The number of carbonyl (C=O) groups excluding carboxylic acids is 1. The summed E-state index contributed by atoms with van der Waals surface area (Å²) in [6.07, 6.45) is 8.14. The monoisotopic (exact) mass is 457 g/mol. The third-order valence-corrected chi connectivity index (χ3v) is 7.24. The van der Waals surface area contributed by atoms with Gasteiger partial charge in [0.05, 0.1) is 17.9 Å². The van der Waals surface area contributed by atoms with Gasteiger partial charge >= 0.3 is 0 Å². The van der Waals surface area contributed by atoms with Gasteiger partial charge in [-0.1, -0.05) is 17.7 Å².